The van der Waals surface area contributed by atoms with Crippen molar-refractivity contribution in [1.82, 2.24) is 14.6 Å². The van der Waals surface area contributed by atoms with Crippen molar-refractivity contribution in [2.24, 2.45) is 0 Å². The molecule has 0 bridgehead atoms. The maximum atomic E-state index is 12.5. The normalized spacial score (nSPS) is 15.4. The number of pyridine rings is 1. The van der Waals surface area contributed by atoms with Gasteiger partial charge in [-0.05, 0) is 24.1 Å². The Morgan fingerprint density at radius 1 is 1.00 bits per heavy atom. The van der Waals surface area contributed by atoms with E-state index in [1.807, 2.05) is 48.5 Å². The average molecular weight is 403 g/mol. The molecule has 0 radical (unpaired) electrons. The predicted molar refractivity (Wildman–Crippen MR) is 110 cm³/mol. The van der Waals surface area contributed by atoms with Crippen LogP contribution in [0.25, 0.3) is 0 Å². The highest BCUT2D eigenvalue weighted by Gasteiger charge is 2.26. The quantitative estimate of drug-likeness (QED) is 0.673. The van der Waals surface area contributed by atoms with E-state index in [-0.39, 0.29) is 11.7 Å². The predicted octanol–water partition coefficient (Wildman–Crippen LogP) is 1.28. The van der Waals surface area contributed by atoms with Gasteiger partial charge in [0.15, 0.2) is 0 Å². The Morgan fingerprint density at radius 3 is 2.39 bits per heavy atom. The molecule has 7 nitrogen and oxygen atoms in total. The van der Waals surface area contributed by atoms with E-state index < -0.39 is 10.0 Å². The van der Waals surface area contributed by atoms with Crippen LogP contribution in [0.1, 0.15) is 12.0 Å². The molecule has 0 unspecified atom stereocenters. The Kier molecular flexibility index (Phi) is 7.00. The number of rotatable bonds is 8. The third kappa shape index (κ3) is 5.77. The SMILES string of the molecule is O=C(Cc1ccccc1)NCCCS(=O)(=O)N1CCN(c2ccccn2)CC1. The molecule has 0 saturated carbocycles. The van der Waals surface area contributed by atoms with Crippen molar-refractivity contribution in [3.05, 3.63) is 60.3 Å². The van der Waals surface area contributed by atoms with E-state index in [1.54, 1.807) is 6.20 Å². The Labute approximate surface area is 166 Å². The van der Waals surface area contributed by atoms with Crippen molar-refractivity contribution >= 4 is 21.7 Å². The van der Waals surface area contributed by atoms with Crippen LogP contribution in [0, 0.1) is 0 Å². The van der Waals surface area contributed by atoms with E-state index in [0.29, 0.717) is 45.6 Å². The van der Waals surface area contributed by atoms with Crippen LogP contribution >= 0.6 is 0 Å². The number of benzene rings is 1. The minimum absolute atomic E-state index is 0.0439. The van der Waals surface area contributed by atoms with E-state index in [9.17, 15) is 13.2 Å². The van der Waals surface area contributed by atoms with Crippen LogP contribution in [0.5, 0.6) is 0 Å². The fourth-order valence-corrected chi connectivity index (χ4v) is 4.68. The van der Waals surface area contributed by atoms with Gasteiger partial charge in [-0.1, -0.05) is 36.4 Å². The first-order chi connectivity index (χ1) is 13.5. The van der Waals surface area contributed by atoms with Crippen LogP contribution in [0.4, 0.5) is 5.82 Å². The van der Waals surface area contributed by atoms with E-state index >= 15 is 0 Å². The lowest BCUT2D eigenvalue weighted by Gasteiger charge is -2.34. The molecule has 1 fully saturated rings. The maximum Gasteiger partial charge on any atom is 0.224 e. The van der Waals surface area contributed by atoms with Gasteiger partial charge >= 0.3 is 0 Å². The summed E-state index contributed by atoms with van der Waals surface area (Å²) in [6.07, 6.45) is 2.46. The molecule has 1 N–H and O–H groups in total. The Hall–Kier alpha value is -2.45. The number of hydrogen-bond acceptors (Lipinski definition) is 5. The van der Waals surface area contributed by atoms with Gasteiger partial charge in [0.1, 0.15) is 5.82 Å². The number of nitrogens with zero attached hydrogens (tertiary/aromatic N) is 3. The summed E-state index contributed by atoms with van der Waals surface area (Å²) in [5.41, 5.74) is 0.943. The van der Waals surface area contributed by atoms with Crippen molar-refractivity contribution in [3.63, 3.8) is 0 Å². The fraction of sp³-hybridized carbons (Fsp3) is 0.400. The van der Waals surface area contributed by atoms with Crippen LogP contribution in [0.15, 0.2) is 54.7 Å². The minimum Gasteiger partial charge on any atom is -0.356 e. The third-order valence-corrected chi connectivity index (χ3v) is 6.67. The molecular weight excluding hydrogens is 376 g/mol. The molecule has 1 aliphatic rings. The second kappa shape index (κ2) is 9.66. The summed E-state index contributed by atoms with van der Waals surface area (Å²) in [6.45, 7) is 2.53. The third-order valence-electron chi connectivity index (χ3n) is 4.71. The Bertz CT molecular complexity index is 852. The first-order valence-electron chi connectivity index (χ1n) is 9.49. The van der Waals surface area contributed by atoms with Gasteiger partial charge in [0.2, 0.25) is 15.9 Å². The Balaban J connectivity index is 1.38. The molecule has 150 valence electrons. The van der Waals surface area contributed by atoms with Crippen LogP contribution in [0.2, 0.25) is 0 Å². The van der Waals surface area contributed by atoms with E-state index in [4.69, 9.17) is 0 Å². The van der Waals surface area contributed by atoms with Gasteiger partial charge in [-0.25, -0.2) is 13.4 Å². The molecule has 2 heterocycles. The lowest BCUT2D eigenvalue weighted by atomic mass is 10.1. The molecule has 1 amide bonds. The molecule has 1 aromatic carbocycles. The molecule has 8 heteroatoms. The second-order valence-corrected chi connectivity index (χ2v) is 8.84. The van der Waals surface area contributed by atoms with E-state index in [0.717, 1.165) is 11.4 Å². The zero-order valence-electron chi connectivity index (χ0n) is 15.8. The van der Waals surface area contributed by atoms with Crippen LogP contribution in [-0.2, 0) is 21.2 Å². The highest BCUT2D eigenvalue weighted by atomic mass is 32.2. The number of carbonyl (C=O) groups is 1. The molecule has 1 saturated heterocycles. The standard InChI is InChI=1S/C20H26N4O3S/c25-20(17-18-7-2-1-3-8-18)22-11-6-16-28(26,27)24-14-12-23(13-15-24)19-9-4-5-10-21-19/h1-5,7-10H,6,11-17H2,(H,22,25). The van der Waals surface area contributed by atoms with Crippen LogP contribution in [-0.4, -0.2) is 62.1 Å². The molecule has 1 aromatic heterocycles. The highest BCUT2D eigenvalue weighted by Crippen LogP contribution is 2.15. The lowest BCUT2D eigenvalue weighted by Crippen LogP contribution is -2.49. The molecule has 1 aliphatic heterocycles. The number of hydrogen-bond donors (Lipinski definition) is 1. The summed E-state index contributed by atoms with van der Waals surface area (Å²) in [6, 6.07) is 15.2. The zero-order valence-corrected chi connectivity index (χ0v) is 16.6. The summed E-state index contributed by atoms with van der Waals surface area (Å²) < 4.78 is 26.6. The fourth-order valence-electron chi connectivity index (χ4n) is 3.19. The lowest BCUT2D eigenvalue weighted by molar-refractivity contribution is -0.120. The summed E-state index contributed by atoms with van der Waals surface area (Å²) in [5.74, 6) is 0.829. The summed E-state index contributed by atoms with van der Waals surface area (Å²) in [4.78, 5) is 18.3. The van der Waals surface area contributed by atoms with Gasteiger partial charge in [0, 0.05) is 38.9 Å². The number of nitrogens with one attached hydrogen (secondary N) is 1. The van der Waals surface area contributed by atoms with Crippen LogP contribution < -0.4 is 10.2 Å². The maximum absolute atomic E-state index is 12.5. The van der Waals surface area contributed by atoms with Gasteiger partial charge in [-0.15, -0.1) is 0 Å². The zero-order chi connectivity index (χ0) is 19.8. The summed E-state index contributed by atoms with van der Waals surface area (Å²) in [7, 11) is -3.31. The first-order valence-corrected chi connectivity index (χ1v) is 11.1. The van der Waals surface area contributed by atoms with Crippen molar-refractivity contribution in [2.75, 3.05) is 43.4 Å². The highest BCUT2D eigenvalue weighted by molar-refractivity contribution is 7.89. The molecule has 28 heavy (non-hydrogen) atoms. The number of carbonyl (C=O) groups excluding carboxylic acids is 1. The number of piperazine rings is 1. The van der Waals surface area contributed by atoms with Crippen molar-refractivity contribution in [2.45, 2.75) is 12.8 Å². The van der Waals surface area contributed by atoms with Gasteiger partial charge in [0.05, 0.1) is 12.2 Å². The molecule has 0 spiro atoms. The van der Waals surface area contributed by atoms with Crippen molar-refractivity contribution < 1.29 is 13.2 Å². The first kappa shape index (κ1) is 20.3. The molecular formula is C20H26N4O3S. The van der Waals surface area contributed by atoms with E-state index in [1.165, 1.54) is 4.31 Å². The average Bonchev–Trinajstić information content (AvgIpc) is 2.73. The van der Waals surface area contributed by atoms with Gasteiger partial charge < -0.3 is 10.2 Å². The van der Waals surface area contributed by atoms with Gasteiger partial charge in [-0.3, -0.25) is 4.79 Å². The monoisotopic (exact) mass is 402 g/mol. The van der Waals surface area contributed by atoms with E-state index in [2.05, 4.69) is 15.2 Å². The number of sulfonamides is 1. The van der Waals surface area contributed by atoms with Gasteiger partial charge in [-0.2, -0.15) is 4.31 Å². The molecule has 0 aliphatic carbocycles. The van der Waals surface area contributed by atoms with Gasteiger partial charge in [0.25, 0.3) is 0 Å². The molecule has 3 rings (SSSR count). The topological polar surface area (TPSA) is 82.6 Å². The smallest absolute Gasteiger partial charge is 0.224 e. The Morgan fingerprint density at radius 2 is 1.71 bits per heavy atom. The summed E-state index contributed by atoms with van der Waals surface area (Å²) >= 11 is 0. The molecule has 2 aromatic rings. The van der Waals surface area contributed by atoms with Crippen LogP contribution in [0.3, 0.4) is 0 Å². The number of amides is 1. The number of aromatic nitrogens is 1. The largest absolute Gasteiger partial charge is 0.356 e. The number of anilines is 1. The molecule has 0 atom stereocenters. The van der Waals surface area contributed by atoms with Crippen molar-refractivity contribution in [3.8, 4) is 0 Å². The second-order valence-electron chi connectivity index (χ2n) is 6.76. The summed E-state index contributed by atoms with van der Waals surface area (Å²) in [5, 5.41) is 2.80. The minimum atomic E-state index is -3.31. The van der Waals surface area contributed by atoms with Crippen molar-refractivity contribution in [1.29, 1.82) is 0 Å².